The lowest BCUT2D eigenvalue weighted by Gasteiger charge is -2.08. The summed E-state index contributed by atoms with van der Waals surface area (Å²) in [6, 6.07) is 7.45. The van der Waals surface area contributed by atoms with Gasteiger partial charge in [0.05, 0.1) is 12.8 Å². The van der Waals surface area contributed by atoms with E-state index in [1.165, 1.54) is 23.8 Å². The number of hydrogen-bond donors (Lipinski definition) is 0. The molecule has 0 aliphatic carbocycles. The number of carbonyl (C=O) groups is 1. The Morgan fingerprint density at radius 3 is 2.82 bits per heavy atom. The van der Waals surface area contributed by atoms with Crippen LogP contribution in [0.2, 0.25) is 5.02 Å². The topological polar surface area (TPSA) is 31.2 Å². The first-order chi connectivity index (χ1) is 8.13. The van der Waals surface area contributed by atoms with Gasteiger partial charge in [-0.3, -0.25) is 0 Å². The number of benzene rings is 1. The molecule has 0 fully saturated rings. The van der Waals surface area contributed by atoms with E-state index in [-0.39, 0.29) is 11.4 Å². The van der Waals surface area contributed by atoms with Crippen molar-refractivity contribution in [3.8, 4) is 5.69 Å². The fourth-order valence-corrected chi connectivity index (χ4v) is 1.70. The molecule has 2 rings (SSSR count). The zero-order valence-corrected chi connectivity index (χ0v) is 9.74. The largest absolute Gasteiger partial charge is 0.464 e. The van der Waals surface area contributed by atoms with E-state index in [9.17, 15) is 9.18 Å². The molecule has 1 aromatic heterocycles. The summed E-state index contributed by atoms with van der Waals surface area (Å²) in [5.41, 5.74) is 0.508. The molecule has 0 saturated heterocycles. The van der Waals surface area contributed by atoms with Crippen LogP contribution >= 0.6 is 11.6 Å². The van der Waals surface area contributed by atoms with Crippen LogP contribution in [0.3, 0.4) is 0 Å². The normalized spacial score (nSPS) is 10.3. The Bertz CT molecular complexity index is 565. The van der Waals surface area contributed by atoms with Crippen molar-refractivity contribution in [2.75, 3.05) is 7.11 Å². The zero-order valence-electron chi connectivity index (χ0n) is 8.98. The summed E-state index contributed by atoms with van der Waals surface area (Å²) in [6.45, 7) is 0. The van der Waals surface area contributed by atoms with Gasteiger partial charge in [0.15, 0.2) is 0 Å². The zero-order chi connectivity index (χ0) is 12.4. The van der Waals surface area contributed by atoms with Crippen LogP contribution < -0.4 is 0 Å². The predicted molar refractivity (Wildman–Crippen MR) is 62.1 cm³/mol. The van der Waals surface area contributed by atoms with Crippen LogP contribution in [-0.2, 0) is 4.74 Å². The second kappa shape index (κ2) is 4.59. The number of ether oxygens (including phenoxy) is 1. The molecule has 0 aliphatic heterocycles. The third-order valence-corrected chi connectivity index (χ3v) is 2.55. The molecule has 0 unspecified atom stereocenters. The van der Waals surface area contributed by atoms with Crippen molar-refractivity contribution < 1.29 is 13.9 Å². The first-order valence-electron chi connectivity index (χ1n) is 4.84. The second-order valence-corrected chi connectivity index (χ2v) is 3.79. The van der Waals surface area contributed by atoms with Crippen LogP contribution in [0.4, 0.5) is 4.39 Å². The van der Waals surface area contributed by atoms with E-state index >= 15 is 0 Å². The molecule has 5 heteroatoms. The fraction of sp³-hybridized carbons (Fsp3) is 0.0833. The lowest BCUT2D eigenvalue weighted by molar-refractivity contribution is 0.0591. The van der Waals surface area contributed by atoms with Gasteiger partial charge in [0.1, 0.15) is 11.5 Å². The summed E-state index contributed by atoms with van der Waals surface area (Å²) < 4.78 is 19.7. The number of nitrogens with zero attached hydrogens (tertiary/aromatic N) is 1. The predicted octanol–water partition coefficient (Wildman–Crippen LogP) is 3.06. The molecular weight excluding hydrogens is 245 g/mol. The van der Waals surface area contributed by atoms with Gasteiger partial charge in [-0.15, -0.1) is 0 Å². The quantitative estimate of drug-likeness (QED) is 0.771. The summed E-state index contributed by atoms with van der Waals surface area (Å²) in [7, 11) is 1.28. The van der Waals surface area contributed by atoms with Crippen molar-refractivity contribution in [1.82, 2.24) is 4.57 Å². The molecule has 0 radical (unpaired) electrons. The standard InChI is InChI=1S/C12H9ClFNO2/c1-17-12(16)11-3-2-6-15(11)10-5-4-8(13)7-9(10)14/h2-7H,1H3. The molecule has 17 heavy (non-hydrogen) atoms. The van der Waals surface area contributed by atoms with Crippen molar-refractivity contribution in [3.63, 3.8) is 0 Å². The minimum absolute atomic E-state index is 0.250. The summed E-state index contributed by atoms with van der Waals surface area (Å²) >= 11 is 5.67. The average Bonchev–Trinajstić information content (AvgIpc) is 2.77. The Labute approximate surface area is 102 Å². The maximum Gasteiger partial charge on any atom is 0.355 e. The highest BCUT2D eigenvalue weighted by molar-refractivity contribution is 6.30. The van der Waals surface area contributed by atoms with Crippen molar-refractivity contribution in [1.29, 1.82) is 0 Å². The minimum atomic E-state index is -0.524. The molecular formula is C12H9ClFNO2. The van der Waals surface area contributed by atoms with Crippen molar-refractivity contribution >= 4 is 17.6 Å². The number of esters is 1. The summed E-state index contributed by atoms with van der Waals surface area (Å²) in [5, 5.41) is 0.304. The number of rotatable bonds is 2. The lowest BCUT2D eigenvalue weighted by Crippen LogP contribution is -2.09. The Kier molecular flexibility index (Phi) is 3.15. The van der Waals surface area contributed by atoms with E-state index in [2.05, 4.69) is 4.74 Å². The van der Waals surface area contributed by atoms with Gasteiger partial charge in [0, 0.05) is 11.2 Å². The summed E-state index contributed by atoms with van der Waals surface area (Å²) in [5.74, 6) is -1.02. The van der Waals surface area contributed by atoms with Crippen LogP contribution in [0, 0.1) is 5.82 Å². The summed E-state index contributed by atoms with van der Waals surface area (Å²) in [6.07, 6.45) is 1.58. The van der Waals surface area contributed by atoms with Crippen molar-refractivity contribution in [2.24, 2.45) is 0 Å². The monoisotopic (exact) mass is 253 g/mol. The van der Waals surface area contributed by atoms with Crippen LogP contribution in [0.1, 0.15) is 10.5 Å². The molecule has 0 aliphatic rings. The highest BCUT2D eigenvalue weighted by atomic mass is 35.5. The third kappa shape index (κ3) is 2.17. The maximum atomic E-state index is 13.7. The first-order valence-corrected chi connectivity index (χ1v) is 5.22. The van der Waals surface area contributed by atoms with Gasteiger partial charge in [0.2, 0.25) is 0 Å². The number of aromatic nitrogens is 1. The maximum absolute atomic E-state index is 13.7. The number of halogens is 2. The van der Waals surface area contributed by atoms with E-state index in [0.717, 1.165) is 0 Å². The highest BCUT2D eigenvalue weighted by Crippen LogP contribution is 2.20. The van der Waals surface area contributed by atoms with Gasteiger partial charge in [-0.05, 0) is 30.3 Å². The molecule has 3 nitrogen and oxygen atoms in total. The SMILES string of the molecule is COC(=O)c1cccn1-c1ccc(Cl)cc1F. The van der Waals surface area contributed by atoms with Crippen molar-refractivity contribution in [3.05, 3.63) is 53.1 Å². The smallest absolute Gasteiger partial charge is 0.355 e. The number of carbonyl (C=O) groups excluding carboxylic acids is 1. The fourth-order valence-electron chi connectivity index (χ4n) is 1.54. The Balaban J connectivity index is 2.53. The van der Waals surface area contributed by atoms with E-state index in [1.54, 1.807) is 24.4 Å². The van der Waals surface area contributed by atoms with Crippen molar-refractivity contribution in [2.45, 2.75) is 0 Å². The van der Waals surface area contributed by atoms with Gasteiger partial charge < -0.3 is 9.30 Å². The van der Waals surface area contributed by atoms with Crippen LogP contribution in [0.25, 0.3) is 5.69 Å². The molecule has 0 saturated carbocycles. The van der Waals surface area contributed by atoms with E-state index in [0.29, 0.717) is 5.02 Å². The third-order valence-electron chi connectivity index (χ3n) is 2.31. The van der Waals surface area contributed by atoms with E-state index < -0.39 is 11.8 Å². The van der Waals surface area contributed by atoms with Gasteiger partial charge in [0.25, 0.3) is 0 Å². The Hall–Kier alpha value is -1.81. The molecule has 0 bridgehead atoms. The molecule has 2 aromatic rings. The molecule has 0 atom stereocenters. The Morgan fingerprint density at radius 1 is 1.41 bits per heavy atom. The molecule has 0 N–H and O–H groups in total. The second-order valence-electron chi connectivity index (χ2n) is 3.35. The summed E-state index contributed by atoms with van der Waals surface area (Å²) in [4.78, 5) is 11.5. The van der Waals surface area contributed by atoms with Gasteiger partial charge in [-0.2, -0.15) is 0 Å². The molecule has 0 spiro atoms. The van der Waals surface area contributed by atoms with Gasteiger partial charge in [-0.1, -0.05) is 11.6 Å². The highest BCUT2D eigenvalue weighted by Gasteiger charge is 2.14. The lowest BCUT2D eigenvalue weighted by atomic mass is 10.3. The van der Waals surface area contributed by atoms with Crippen LogP contribution in [0.15, 0.2) is 36.5 Å². The molecule has 0 amide bonds. The Morgan fingerprint density at radius 2 is 2.18 bits per heavy atom. The first kappa shape index (κ1) is 11.7. The van der Waals surface area contributed by atoms with Gasteiger partial charge >= 0.3 is 5.97 Å². The molecule has 1 aromatic carbocycles. The average molecular weight is 254 g/mol. The number of hydrogen-bond acceptors (Lipinski definition) is 2. The van der Waals surface area contributed by atoms with Gasteiger partial charge in [-0.25, -0.2) is 9.18 Å². The molecule has 1 heterocycles. The van der Waals surface area contributed by atoms with E-state index in [4.69, 9.17) is 11.6 Å². The number of methoxy groups -OCH3 is 1. The van der Waals surface area contributed by atoms with Crippen LogP contribution in [-0.4, -0.2) is 17.6 Å². The van der Waals surface area contributed by atoms with Crippen LogP contribution in [0.5, 0.6) is 0 Å². The minimum Gasteiger partial charge on any atom is -0.464 e. The molecule has 88 valence electrons. The van der Waals surface area contributed by atoms with E-state index in [1.807, 2.05) is 0 Å².